The molecule has 2 N–H and O–H groups in total. The highest BCUT2D eigenvalue weighted by Gasteiger charge is 2.13. The fourth-order valence-electron chi connectivity index (χ4n) is 2.10. The molecule has 0 aliphatic carbocycles. The molecule has 2 aromatic carbocycles. The number of aryl methyl sites for hydroxylation is 1. The number of aromatic nitrogens is 3. The molecule has 0 spiro atoms. The SMILES string of the molecule is Cc1ccc(-c2nnn(-c3cccc(C#N)c3)c2N)cc1. The summed E-state index contributed by atoms with van der Waals surface area (Å²) < 4.78 is 1.54. The maximum Gasteiger partial charge on any atom is 0.155 e. The smallest absolute Gasteiger partial charge is 0.155 e. The molecule has 3 aromatic rings. The summed E-state index contributed by atoms with van der Waals surface area (Å²) in [6.45, 7) is 2.03. The zero-order valence-electron chi connectivity index (χ0n) is 11.5. The van der Waals surface area contributed by atoms with Crippen LogP contribution in [0.5, 0.6) is 0 Å². The Morgan fingerprint density at radius 1 is 1.14 bits per heavy atom. The number of benzene rings is 2. The molecule has 3 rings (SSSR count). The molecule has 0 unspecified atom stereocenters. The van der Waals surface area contributed by atoms with Crippen LogP contribution in [0.2, 0.25) is 0 Å². The summed E-state index contributed by atoms with van der Waals surface area (Å²) in [5, 5.41) is 17.2. The van der Waals surface area contributed by atoms with E-state index in [0.29, 0.717) is 17.1 Å². The Kier molecular flexibility index (Phi) is 3.13. The zero-order chi connectivity index (χ0) is 14.8. The molecule has 0 saturated heterocycles. The molecule has 0 fully saturated rings. The Hall–Kier alpha value is -3.13. The molecule has 1 heterocycles. The number of nitrogen functional groups attached to an aromatic ring is 1. The van der Waals surface area contributed by atoms with Crippen molar-refractivity contribution in [2.45, 2.75) is 6.92 Å². The van der Waals surface area contributed by atoms with E-state index in [2.05, 4.69) is 16.4 Å². The summed E-state index contributed by atoms with van der Waals surface area (Å²) in [6.07, 6.45) is 0. The minimum atomic E-state index is 0.453. The van der Waals surface area contributed by atoms with Crippen molar-refractivity contribution in [1.29, 1.82) is 5.26 Å². The highest BCUT2D eigenvalue weighted by atomic mass is 15.5. The van der Waals surface area contributed by atoms with Gasteiger partial charge in [-0.2, -0.15) is 9.94 Å². The van der Waals surface area contributed by atoms with Gasteiger partial charge in [0.25, 0.3) is 0 Å². The van der Waals surface area contributed by atoms with Gasteiger partial charge in [-0.25, -0.2) is 0 Å². The van der Waals surface area contributed by atoms with E-state index in [1.54, 1.807) is 18.2 Å². The van der Waals surface area contributed by atoms with E-state index >= 15 is 0 Å². The maximum atomic E-state index is 8.96. The molecule has 0 radical (unpaired) electrons. The van der Waals surface area contributed by atoms with Gasteiger partial charge in [0, 0.05) is 5.56 Å². The van der Waals surface area contributed by atoms with Gasteiger partial charge >= 0.3 is 0 Å². The topological polar surface area (TPSA) is 80.5 Å². The van der Waals surface area contributed by atoms with Crippen LogP contribution >= 0.6 is 0 Å². The van der Waals surface area contributed by atoms with Crippen molar-refractivity contribution in [1.82, 2.24) is 15.0 Å². The van der Waals surface area contributed by atoms with E-state index in [-0.39, 0.29) is 0 Å². The summed E-state index contributed by atoms with van der Waals surface area (Å²) in [7, 11) is 0. The van der Waals surface area contributed by atoms with Gasteiger partial charge in [0.05, 0.1) is 17.3 Å². The summed E-state index contributed by atoms with van der Waals surface area (Å²) in [6, 6.07) is 17.1. The summed E-state index contributed by atoms with van der Waals surface area (Å²) in [5.74, 6) is 0.453. The number of hydrogen-bond acceptors (Lipinski definition) is 4. The van der Waals surface area contributed by atoms with E-state index < -0.39 is 0 Å². The van der Waals surface area contributed by atoms with Gasteiger partial charge < -0.3 is 5.73 Å². The van der Waals surface area contributed by atoms with Crippen molar-refractivity contribution in [3.63, 3.8) is 0 Å². The second-order valence-electron chi connectivity index (χ2n) is 4.76. The monoisotopic (exact) mass is 275 g/mol. The molecule has 5 heteroatoms. The van der Waals surface area contributed by atoms with E-state index in [4.69, 9.17) is 11.0 Å². The number of nitrogens with zero attached hydrogens (tertiary/aromatic N) is 4. The predicted molar refractivity (Wildman–Crippen MR) is 80.7 cm³/mol. The average molecular weight is 275 g/mol. The first-order valence-electron chi connectivity index (χ1n) is 6.48. The lowest BCUT2D eigenvalue weighted by atomic mass is 10.1. The highest BCUT2D eigenvalue weighted by Crippen LogP contribution is 2.25. The molecule has 0 saturated carbocycles. The van der Waals surface area contributed by atoms with Crippen LogP contribution < -0.4 is 5.73 Å². The fraction of sp³-hybridized carbons (Fsp3) is 0.0625. The van der Waals surface area contributed by atoms with Gasteiger partial charge in [0.1, 0.15) is 5.69 Å². The first kappa shape index (κ1) is 12.9. The van der Waals surface area contributed by atoms with Gasteiger partial charge in [-0.15, -0.1) is 5.10 Å². The number of nitrogens with two attached hydrogens (primary N) is 1. The van der Waals surface area contributed by atoms with Crippen LogP contribution in [-0.4, -0.2) is 15.0 Å². The minimum Gasteiger partial charge on any atom is -0.382 e. The lowest BCUT2D eigenvalue weighted by Crippen LogP contribution is -2.02. The fourth-order valence-corrected chi connectivity index (χ4v) is 2.10. The summed E-state index contributed by atoms with van der Waals surface area (Å²) in [5.41, 5.74) is 10.2. The van der Waals surface area contributed by atoms with Crippen molar-refractivity contribution in [2.75, 3.05) is 5.73 Å². The third-order valence-electron chi connectivity index (χ3n) is 3.25. The van der Waals surface area contributed by atoms with Crippen LogP contribution in [0, 0.1) is 18.3 Å². The molecule has 0 aliphatic heterocycles. The van der Waals surface area contributed by atoms with Gasteiger partial charge in [-0.05, 0) is 25.1 Å². The molecule has 102 valence electrons. The third kappa shape index (κ3) is 2.35. The first-order valence-corrected chi connectivity index (χ1v) is 6.48. The molecule has 0 aliphatic rings. The van der Waals surface area contributed by atoms with Crippen LogP contribution in [0.1, 0.15) is 11.1 Å². The lowest BCUT2D eigenvalue weighted by molar-refractivity contribution is 0.810. The average Bonchev–Trinajstić information content (AvgIpc) is 2.90. The van der Waals surface area contributed by atoms with Crippen LogP contribution in [0.4, 0.5) is 5.82 Å². The van der Waals surface area contributed by atoms with Crippen molar-refractivity contribution in [2.24, 2.45) is 0 Å². The Morgan fingerprint density at radius 2 is 1.90 bits per heavy atom. The number of rotatable bonds is 2. The van der Waals surface area contributed by atoms with Crippen LogP contribution in [0.3, 0.4) is 0 Å². The third-order valence-corrected chi connectivity index (χ3v) is 3.25. The largest absolute Gasteiger partial charge is 0.382 e. The summed E-state index contributed by atoms with van der Waals surface area (Å²) in [4.78, 5) is 0. The second kappa shape index (κ2) is 5.10. The molecular formula is C16H13N5. The van der Waals surface area contributed by atoms with Gasteiger partial charge in [0.15, 0.2) is 5.82 Å². The van der Waals surface area contributed by atoms with Crippen molar-refractivity contribution < 1.29 is 0 Å². The molecule has 0 bridgehead atoms. The van der Waals surface area contributed by atoms with Crippen LogP contribution in [0.25, 0.3) is 16.9 Å². The Bertz CT molecular complexity index is 825. The lowest BCUT2D eigenvalue weighted by Gasteiger charge is -2.04. The van der Waals surface area contributed by atoms with E-state index in [1.807, 2.05) is 37.3 Å². The highest BCUT2D eigenvalue weighted by molar-refractivity contribution is 5.71. The van der Waals surface area contributed by atoms with Gasteiger partial charge in [-0.3, -0.25) is 0 Å². The Morgan fingerprint density at radius 3 is 2.62 bits per heavy atom. The van der Waals surface area contributed by atoms with Gasteiger partial charge in [-0.1, -0.05) is 41.1 Å². The molecule has 0 amide bonds. The standard InChI is InChI=1S/C16H13N5/c1-11-5-7-13(8-6-11)15-16(18)21(20-19-15)14-4-2-3-12(9-14)10-17/h2-9H,18H2,1H3. The first-order chi connectivity index (χ1) is 10.2. The van der Waals surface area contributed by atoms with Gasteiger partial charge in [0.2, 0.25) is 0 Å². The van der Waals surface area contributed by atoms with E-state index in [1.165, 1.54) is 10.2 Å². The quantitative estimate of drug-likeness (QED) is 0.779. The Labute approximate surface area is 122 Å². The van der Waals surface area contributed by atoms with E-state index in [9.17, 15) is 0 Å². The molecule has 1 aromatic heterocycles. The van der Waals surface area contributed by atoms with Crippen molar-refractivity contribution in [3.8, 4) is 23.0 Å². The van der Waals surface area contributed by atoms with Crippen molar-refractivity contribution >= 4 is 5.82 Å². The molecule has 21 heavy (non-hydrogen) atoms. The Balaban J connectivity index is 2.07. The van der Waals surface area contributed by atoms with E-state index in [0.717, 1.165) is 11.3 Å². The normalized spacial score (nSPS) is 10.3. The predicted octanol–water partition coefficient (Wildman–Crippen LogP) is 2.70. The maximum absolute atomic E-state index is 8.96. The number of anilines is 1. The van der Waals surface area contributed by atoms with Crippen LogP contribution in [0.15, 0.2) is 48.5 Å². The number of hydrogen-bond donors (Lipinski definition) is 1. The second-order valence-corrected chi connectivity index (χ2v) is 4.76. The summed E-state index contributed by atoms with van der Waals surface area (Å²) >= 11 is 0. The zero-order valence-corrected chi connectivity index (χ0v) is 11.5. The minimum absolute atomic E-state index is 0.453. The molecule has 0 atom stereocenters. The molecule has 5 nitrogen and oxygen atoms in total. The van der Waals surface area contributed by atoms with Crippen molar-refractivity contribution in [3.05, 3.63) is 59.7 Å². The van der Waals surface area contributed by atoms with Crippen LogP contribution in [-0.2, 0) is 0 Å². The number of nitriles is 1. The molecular weight excluding hydrogens is 262 g/mol.